The maximum absolute atomic E-state index is 11.6. The van der Waals surface area contributed by atoms with Crippen LogP contribution in [0.4, 0.5) is 0 Å². The van der Waals surface area contributed by atoms with E-state index in [1.54, 1.807) is 0 Å². The smallest absolute Gasteiger partial charge is 0.277 e. The SMILES string of the molecule is CC(C)(C)NS(=O)(=O)NCCN1CCNCC1. The number of rotatable bonds is 5. The predicted octanol–water partition coefficient (Wildman–Crippen LogP) is -0.886. The van der Waals surface area contributed by atoms with Crippen molar-refractivity contribution in [3.8, 4) is 0 Å². The van der Waals surface area contributed by atoms with E-state index in [0.29, 0.717) is 6.54 Å². The molecule has 17 heavy (non-hydrogen) atoms. The first kappa shape index (κ1) is 14.8. The van der Waals surface area contributed by atoms with Crippen LogP contribution >= 0.6 is 0 Å². The van der Waals surface area contributed by atoms with Gasteiger partial charge in [-0.1, -0.05) is 0 Å². The van der Waals surface area contributed by atoms with Crippen LogP contribution in [0.25, 0.3) is 0 Å². The van der Waals surface area contributed by atoms with E-state index in [0.717, 1.165) is 32.7 Å². The van der Waals surface area contributed by atoms with Crippen LogP contribution in [-0.4, -0.2) is 58.1 Å². The first-order valence-corrected chi connectivity index (χ1v) is 7.48. The van der Waals surface area contributed by atoms with Crippen LogP contribution in [0.5, 0.6) is 0 Å². The standard InChI is InChI=1S/C10H24N4O2S/c1-10(2,3)13-17(15,16)12-6-9-14-7-4-11-5-8-14/h11-13H,4-9H2,1-3H3. The highest BCUT2D eigenvalue weighted by atomic mass is 32.2. The van der Waals surface area contributed by atoms with Gasteiger partial charge in [0.25, 0.3) is 10.2 Å². The number of nitrogens with one attached hydrogen (secondary N) is 3. The Morgan fingerprint density at radius 2 is 1.82 bits per heavy atom. The lowest BCUT2D eigenvalue weighted by atomic mass is 10.1. The molecular weight excluding hydrogens is 240 g/mol. The average Bonchev–Trinajstić information content (AvgIpc) is 2.15. The molecule has 0 aliphatic carbocycles. The van der Waals surface area contributed by atoms with Crippen LogP contribution in [0.15, 0.2) is 0 Å². The van der Waals surface area contributed by atoms with Crippen molar-refractivity contribution < 1.29 is 8.42 Å². The summed E-state index contributed by atoms with van der Waals surface area (Å²) in [7, 11) is -3.38. The van der Waals surface area contributed by atoms with E-state index < -0.39 is 15.7 Å². The van der Waals surface area contributed by atoms with Gasteiger partial charge >= 0.3 is 0 Å². The van der Waals surface area contributed by atoms with Gasteiger partial charge in [0.15, 0.2) is 0 Å². The molecule has 0 radical (unpaired) electrons. The van der Waals surface area contributed by atoms with E-state index in [9.17, 15) is 8.42 Å². The largest absolute Gasteiger partial charge is 0.314 e. The molecule has 0 spiro atoms. The van der Waals surface area contributed by atoms with Gasteiger partial charge in [0, 0.05) is 44.8 Å². The Bertz CT molecular complexity index is 318. The maximum Gasteiger partial charge on any atom is 0.277 e. The third-order valence-corrected chi connectivity index (χ3v) is 3.84. The van der Waals surface area contributed by atoms with E-state index in [2.05, 4.69) is 19.7 Å². The van der Waals surface area contributed by atoms with Gasteiger partial charge in [-0.3, -0.25) is 4.90 Å². The van der Waals surface area contributed by atoms with Crippen molar-refractivity contribution in [3.63, 3.8) is 0 Å². The lowest BCUT2D eigenvalue weighted by Crippen LogP contribution is -2.50. The van der Waals surface area contributed by atoms with Gasteiger partial charge in [0.2, 0.25) is 0 Å². The van der Waals surface area contributed by atoms with Crippen molar-refractivity contribution in [2.45, 2.75) is 26.3 Å². The molecule has 3 N–H and O–H groups in total. The fourth-order valence-corrected chi connectivity index (χ4v) is 2.95. The fourth-order valence-electron chi connectivity index (χ4n) is 1.71. The summed E-state index contributed by atoms with van der Waals surface area (Å²) in [6.45, 7) is 10.6. The summed E-state index contributed by atoms with van der Waals surface area (Å²) >= 11 is 0. The van der Waals surface area contributed by atoms with Gasteiger partial charge in [-0.2, -0.15) is 13.1 Å². The van der Waals surface area contributed by atoms with E-state index in [1.165, 1.54) is 0 Å². The molecule has 1 saturated heterocycles. The second kappa shape index (κ2) is 6.10. The number of hydrogen-bond donors (Lipinski definition) is 3. The van der Waals surface area contributed by atoms with Gasteiger partial charge in [-0.25, -0.2) is 4.72 Å². The third-order valence-electron chi connectivity index (χ3n) is 2.37. The summed E-state index contributed by atoms with van der Waals surface area (Å²) < 4.78 is 28.4. The second-order valence-corrected chi connectivity index (χ2v) is 6.84. The van der Waals surface area contributed by atoms with Crippen molar-refractivity contribution in [3.05, 3.63) is 0 Å². The molecule has 102 valence electrons. The lowest BCUT2D eigenvalue weighted by Gasteiger charge is -2.27. The molecule has 0 unspecified atom stereocenters. The minimum Gasteiger partial charge on any atom is -0.314 e. The summed E-state index contributed by atoms with van der Waals surface area (Å²) in [5.41, 5.74) is -0.444. The van der Waals surface area contributed by atoms with Crippen molar-refractivity contribution in [1.29, 1.82) is 0 Å². The van der Waals surface area contributed by atoms with Gasteiger partial charge in [0.1, 0.15) is 0 Å². The van der Waals surface area contributed by atoms with Crippen molar-refractivity contribution in [1.82, 2.24) is 19.7 Å². The van der Waals surface area contributed by atoms with Crippen LogP contribution in [0.2, 0.25) is 0 Å². The van der Waals surface area contributed by atoms with E-state index >= 15 is 0 Å². The Morgan fingerprint density at radius 3 is 2.35 bits per heavy atom. The van der Waals surface area contributed by atoms with Crippen molar-refractivity contribution in [2.24, 2.45) is 0 Å². The van der Waals surface area contributed by atoms with Gasteiger partial charge < -0.3 is 5.32 Å². The Labute approximate surface area is 104 Å². The highest BCUT2D eigenvalue weighted by Gasteiger charge is 2.19. The van der Waals surface area contributed by atoms with E-state index in [4.69, 9.17) is 0 Å². The van der Waals surface area contributed by atoms with Gasteiger partial charge in [-0.05, 0) is 20.8 Å². The van der Waals surface area contributed by atoms with Crippen LogP contribution in [-0.2, 0) is 10.2 Å². The normalized spacial score (nSPS) is 19.5. The van der Waals surface area contributed by atoms with Gasteiger partial charge in [-0.15, -0.1) is 0 Å². The summed E-state index contributed by atoms with van der Waals surface area (Å²) in [6.07, 6.45) is 0. The Morgan fingerprint density at radius 1 is 1.24 bits per heavy atom. The monoisotopic (exact) mass is 264 g/mol. The number of nitrogens with zero attached hydrogens (tertiary/aromatic N) is 1. The van der Waals surface area contributed by atoms with Crippen LogP contribution in [0, 0.1) is 0 Å². The van der Waals surface area contributed by atoms with Crippen molar-refractivity contribution >= 4 is 10.2 Å². The highest BCUT2D eigenvalue weighted by Crippen LogP contribution is 2.00. The Hall–Kier alpha value is -0.210. The zero-order chi connectivity index (χ0) is 12.9. The Kier molecular flexibility index (Phi) is 5.33. The maximum atomic E-state index is 11.6. The second-order valence-electron chi connectivity index (χ2n) is 5.34. The molecule has 1 heterocycles. The molecule has 0 saturated carbocycles. The van der Waals surface area contributed by atoms with E-state index in [-0.39, 0.29) is 0 Å². The van der Waals surface area contributed by atoms with Crippen LogP contribution < -0.4 is 14.8 Å². The molecule has 0 aromatic heterocycles. The van der Waals surface area contributed by atoms with Gasteiger partial charge in [0.05, 0.1) is 0 Å². The molecule has 1 aliphatic heterocycles. The molecule has 7 heteroatoms. The molecule has 0 amide bonds. The molecule has 0 atom stereocenters. The minimum atomic E-state index is -3.38. The summed E-state index contributed by atoms with van der Waals surface area (Å²) in [5, 5.41) is 3.26. The molecular formula is C10H24N4O2S. The first-order valence-electron chi connectivity index (χ1n) is 6.00. The lowest BCUT2D eigenvalue weighted by molar-refractivity contribution is 0.245. The third kappa shape index (κ3) is 6.95. The molecule has 1 fully saturated rings. The predicted molar refractivity (Wildman–Crippen MR) is 69.1 cm³/mol. The fraction of sp³-hybridized carbons (Fsp3) is 1.00. The zero-order valence-electron chi connectivity index (χ0n) is 10.9. The summed E-state index contributed by atoms with van der Waals surface area (Å²) in [5.74, 6) is 0. The quantitative estimate of drug-likeness (QED) is 0.602. The van der Waals surface area contributed by atoms with Crippen molar-refractivity contribution in [2.75, 3.05) is 39.3 Å². The van der Waals surface area contributed by atoms with E-state index in [1.807, 2.05) is 20.8 Å². The molecule has 1 aliphatic rings. The minimum absolute atomic E-state index is 0.444. The summed E-state index contributed by atoms with van der Waals surface area (Å²) in [4.78, 5) is 2.25. The molecule has 0 aromatic carbocycles. The number of piperazine rings is 1. The highest BCUT2D eigenvalue weighted by molar-refractivity contribution is 7.87. The Balaban J connectivity index is 2.25. The molecule has 1 rings (SSSR count). The average molecular weight is 264 g/mol. The summed E-state index contributed by atoms with van der Waals surface area (Å²) in [6, 6.07) is 0. The zero-order valence-corrected chi connectivity index (χ0v) is 11.7. The van der Waals surface area contributed by atoms with Crippen LogP contribution in [0.1, 0.15) is 20.8 Å². The molecule has 0 bridgehead atoms. The number of hydrogen-bond acceptors (Lipinski definition) is 4. The molecule has 6 nitrogen and oxygen atoms in total. The molecule has 0 aromatic rings. The topological polar surface area (TPSA) is 73.5 Å². The first-order chi connectivity index (χ1) is 7.79. The van der Waals surface area contributed by atoms with Crippen LogP contribution in [0.3, 0.4) is 0 Å².